The summed E-state index contributed by atoms with van der Waals surface area (Å²) in [5.41, 5.74) is 20.0. The number of rotatable bonds is 4. The standard InChI is InChI=1S/C63H51BN2S2/c1-38-30-55-61-56(31-38)66(46-17-13-15-40(33-46)42-23-27-50-48-19-9-11-21-58(48)68-60(50)35-42)54-37-44(63(5,6)7)25-29-52(54)64(61)51-28-24-43(62(2,3)4)36-53(51)65(55)45-16-12-14-39(32-45)41-22-26-49-47-18-8-10-20-57(47)67-59(49)34-41/h8-37H,1-7H3. The topological polar surface area (TPSA) is 6.48 Å². The van der Waals surface area contributed by atoms with E-state index in [2.05, 4.69) is 240 Å². The molecule has 2 aliphatic heterocycles. The average Bonchev–Trinajstić information content (AvgIpc) is 3.90. The van der Waals surface area contributed by atoms with Gasteiger partial charge in [-0.1, -0.05) is 151 Å². The van der Waals surface area contributed by atoms with E-state index in [9.17, 15) is 0 Å². The minimum Gasteiger partial charge on any atom is -0.311 e. The third kappa shape index (κ3) is 6.50. The molecule has 68 heavy (non-hydrogen) atoms. The van der Waals surface area contributed by atoms with Crippen LogP contribution < -0.4 is 26.2 Å². The van der Waals surface area contributed by atoms with Crippen LogP contribution in [0.5, 0.6) is 0 Å². The first kappa shape index (κ1) is 41.3. The molecular weight excluding hydrogens is 860 g/mol. The molecule has 13 rings (SSSR count). The van der Waals surface area contributed by atoms with Crippen LogP contribution in [0, 0.1) is 6.92 Å². The Balaban J connectivity index is 1.02. The number of aryl methyl sites for hydroxylation is 1. The van der Waals surface area contributed by atoms with Gasteiger partial charge in [-0.15, -0.1) is 22.7 Å². The molecule has 2 aliphatic rings. The maximum atomic E-state index is 2.58. The second kappa shape index (κ2) is 15.0. The molecule has 9 aromatic carbocycles. The summed E-state index contributed by atoms with van der Waals surface area (Å²) in [6.45, 7) is 16.3. The van der Waals surface area contributed by atoms with Crippen LogP contribution in [0.1, 0.15) is 58.2 Å². The smallest absolute Gasteiger partial charge is 0.252 e. The highest BCUT2D eigenvalue weighted by molar-refractivity contribution is 7.26. The highest BCUT2D eigenvalue weighted by Crippen LogP contribution is 2.48. The van der Waals surface area contributed by atoms with Crippen LogP contribution >= 0.6 is 22.7 Å². The predicted molar refractivity (Wildman–Crippen MR) is 299 cm³/mol. The maximum Gasteiger partial charge on any atom is 0.252 e. The summed E-state index contributed by atoms with van der Waals surface area (Å²) in [6.07, 6.45) is 0. The lowest BCUT2D eigenvalue weighted by molar-refractivity contribution is 0.590. The Labute approximate surface area is 407 Å². The number of hydrogen-bond acceptors (Lipinski definition) is 4. The Morgan fingerprint density at radius 3 is 1.25 bits per heavy atom. The Hall–Kier alpha value is -6.92. The van der Waals surface area contributed by atoms with Crippen molar-refractivity contribution in [1.29, 1.82) is 0 Å². The maximum absolute atomic E-state index is 2.58. The molecule has 4 heterocycles. The number of hydrogen-bond donors (Lipinski definition) is 0. The fourth-order valence-corrected chi connectivity index (χ4v) is 13.4. The lowest BCUT2D eigenvalue weighted by Crippen LogP contribution is -2.61. The molecule has 0 saturated carbocycles. The number of benzene rings is 9. The van der Waals surface area contributed by atoms with Crippen molar-refractivity contribution in [2.24, 2.45) is 0 Å². The second-order valence-electron chi connectivity index (χ2n) is 21.1. The number of fused-ring (bicyclic) bond motifs is 10. The van der Waals surface area contributed by atoms with Crippen molar-refractivity contribution in [2.45, 2.75) is 59.3 Å². The van der Waals surface area contributed by atoms with Gasteiger partial charge < -0.3 is 9.80 Å². The minimum atomic E-state index is -0.0321. The van der Waals surface area contributed by atoms with Gasteiger partial charge in [-0.25, -0.2) is 0 Å². The summed E-state index contributed by atoms with van der Waals surface area (Å²) in [5.74, 6) is 0. The second-order valence-corrected chi connectivity index (χ2v) is 23.3. The van der Waals surface area contributed by atoms with Crippen LogP contribution in [0.4, 0.5) is 34.1 Å². The molecule has 0 fully saturated rings. The highest BCUT2D eigenvalue weighted by atomic mass is 32.1. The fraction of sp³-hybridized carbons (Fsp3) is 0.143. The van der Waals surface area contributed by atoms with Gasteiger partial charge in [-0.2, -0.15) is 0 Å². The van der Waals surface area contributed by atoms with E-state index < -0.39 is 0 Å². The van der Waals surface area contributed by atoms with E-state index in [4.69, 9.17) is 0 Å². The zero-order valence-corrected chi connectivity index (χ0v) is 41.2. The lowest BCUT2D eigenvalue weighted by atomic mass is 9.33. The zero-order valence-electron chi connectivity index (χ0n) is 39.6. The molecule has 0 radical (unpaired) electrons. The van der Waals surface area contributed by atoms with E-state index >= 15 is 0 Å². The molecule has 0 atom stereocenters. The minimum absolute atomic E-state index is 0.0321. The lowest BCUT2D eigenvalue weighted by Gasteiger charge is -2.45. The summed E-state index contributed by atoms with van der Waals surface area (Å²) >= 11 is 3.76. The highest BCUT2D eigenvalue weighted by Gasteiger charge is 2.44. The van der Waals surface area contributed by atoms with Gasteiger partial charge in [0.2, 0.25) is 0 Å². The van der Waals surface area contributed by atoms with Gasteiger partial charge in [0.05, 0.1) is 0 Å². The van der Waals surface area contributed by atoms with Gasteiger partial charge in [-0.05, 0) is 146 Å². The molecule has 2 nitrogen and oxygen atoms in total. The fourth-order valence-electron chi connectivity index (χ4n) is 11.1. The first-order valence-electron chi connectivity index (χ1n) is 23.9. The van der Waals surface area contributed by atoms with Gasteiger partial charge in [0.1, 0.15) is 0 Å². The van der Waals surface area contributed by atoms with Gasteiger partial charge in [0.15, 0.2) is 0 Å². The molecule has 0 amide bonds. The third-order valence-corrected chi connectivity index (χ3v) is 16.8. The van der Waals surface area contributed by atoms with E-state index in [1.54, 1.807) is 0 Å². The molecule has 11 aromatic rings. The average molecular weight is 911 g/mol. The van der Waals surface area contributed by atoms with Crippen LogP contribution in [0.3, 0.4) is 0 Å². The SMILES string of the molecule is Cc1cc2c3c(c1)N(c1cccc(-c4ccc5c(c4)sc4ccccc45)c1)c1cc(C(C)(C)C)ccc1B3c1ccc(C(C)(C)C)cc1N2c1cccc(-c2ccc3c(c2)sc2ccccc23)c1. The van der Waals surface area contributed by atoms with Gasteiger partial charge in [-0.3, -0.25) is 0 Å². The van der Waals surface area contributed by atoms with Crippen LogP contribution in [0.15, 0.2) is 182 Å². The van der Waals surface area contributed by atoms with Gasteiger partial charge >= 0.3 is 0 Å². The normalized spacial score (nSPS) is 13.4. The van der Waals surface area contributed by atoms with Crippen molar-refractivity contribution in [3.05, 3.63) is 199 Å². The van der Waals surface area contributed by atoms with Gasteiger partial charge in [0.25, 0.3) is 6.71 Å². The van der Waals surface area contributed by atoms with Crippen LogP contribution in [0.25, 0.3) is 62.6 Å². The Morgan fingerprint density at radius 2 is 0.794 bits per heavy atom. The molecule has 5 heteroatoms. The molecule has 0 aliphatic carbocycles. The predicted octanol–water partition coefficient (Wildman–Crippen LogP) is 16.7. The monoisotopic (exact) mass is 910 g/mol. The molecule has 0 bridgehead atoms. The molecule has 0 saturated heterocycles. The van der Waals surface area contributed by atoms with Crippen molar-refractivity contribution < 1.29 is 0 Å². The zero-order chi connectivity index (χ0) is 46.2. The van der Waals surface area contributed by atoms with Crippen molar-refractivity contribution >= 4 is 120 Å². The molecule has 328 valence electrons. The van der Waals surface area contributed by atoms with Crippen molar-refractivity contribution in [1.82, 2.24) is 0 Å². The summed E-state index contributed by atoms with van der Waals surface area (Å²) in [4.78, 5) is 5.16. The van der Waals surface area contributed by atoms with Crippen molar-refractivity contribution in [2.75, 3.05) is 9.80 Å². The number of anilines is 6. The Kier molecular flexibility index (Phi) is 9.13. The van der Waals surface area contributed by atoms with E-state index in [0.717, 1.165) is 11.4 Å². The summed E-state index contributed by atoms with van der Waals surface area (Å²) < 4.78 is 5.30. The van der Waals surface area contributed by atoms with Crippen LogP contribution in [-0.4, -0.2) is 6.71 Å². The molecule has 0 spiro atoms. The Morgan fingerprint density at radius 1 is 0.368 bits per heavy atom. The molecule has 0 unspecified atom stereocenters. The Bertz CT molecular complexity index is 3630. The van der Waals surface area contributed by atoms with E-state index in [-0.39, 0.29) is 17.5 Å². The van der Waals surface area contributed by atoms with Gasteiger partial charge in [0, 0.05) is 74.5 Å². The quantitative estimate of drug-likeness (QED) is 0.162. The molecule has 0 N–H and O–H groups in total. The molecule has 2 aromatic heterocycles. The van der Waals surface area contributed by atoms with Crippen molar-refractivity contribution in [3.63, 3.8) is 0 Å². The first-order chi connectivity index (χ1) is 32.9. The largest absolute Gasteiger partial charge is 0.311 e. The first-order valence-corrected chi connectivity index (χ1v) is 25.6. The summed E-state index contributed by atoms with van der Waals surface area (Å²) in [5, 5.41) is 5.31. The number of thiophene rings is 2. The van der Waals surface area contributed by atoms with E-state index in [1.165, 1.54) is 118 Å². The van der Waals surface area contributed by atoms with Crippen LogP contribution in [-0.2, 0) is 10.8 Å². The van der Waals surface area contributed by atoms with Crippen LogP contribution in [0.2, 0.25) is 0 Å². The molecular formula is C63H51BN2S2. The third-order valence-electron chi connectivity index (χ3n) is 14.6. The van der Waals surface area contributed by atoms with E-state index in [0.29, 0.717) is 0 Å². The van der Waals surface area contributed by atoms with E-state index in [1.807, 2.05) is 22.7 Å². The van der Waals surface area contributed by atoms with Crippen molar-refractivity contribution in [3.8, 4) is 22.3 Å². The summed E-state index contributed by atoms with van der Waals surface area (Å²) in [6, 6.07) is 69.6. The summed E-state index contributed by atoms with van der Waals surface area (Å²) in [7, 11) is 0. The number of nitrogens with zero attached hydrogens (tertiary/aromatic N) is 2.